The number of thiazole rings is 1. The minimum atomic E-state index is -1.83. The predicted octanol–water partition coefficient (Wildman–Crippen LogP) is 5.86. The van der Waals surface area contributed by atoms with Gasteiger partial charge in [0.1, 0.15) is 42.7 Å². The van der Waals surface area contributed by atoms with Crippen LogP contribution in [-0.4, -0.2) is 194 Å². The second-order valence-electron chi connectivity index (χ2n) is 22.5. The Bertz CT molecular complexity index is 2260. The molecular formula is C54H87FN6O13S. The van der Waals surface area contributed by atoms with Gasteiger partial charge >= 0.3 is 5.97 Å². The molecular weight excluding hydrogens is 992 g/mol. The maximum absolute atomic E-state index is 14.9. The van der Waals surface area contributed by atoms with E-state index in [2.05, 4.69) is 20.2 Å². The van der Waals surface area contributed by atoms with Crippen LogP contribution in [0, 0.1) is 17.8 Å². The molecule has 5 N–H and O–H groups in total. The zero-order valence-corrected chi connectivity index (χ0v) is 47.4. The van der Waals surface area contributed by atoms with Crippen molar-refractivity contribution in [1.82, 2.24) is 29.8 Å². The summed E-state index contributed by atoms with van der Waals surface area (Å²) in [7, 11) is 6.93. The maximum Gasteiger partial charge on any atom is 0.311 e. The smallest absolute Gasteiger partial charge is 0.311 e. The number of ether oxygens (including phenoxy) is 7. The lowest BCUT2D eigenvalue weighted by Crippen LogP contribution is -2.59. The Morgan fingerprint density at radius 3 is 2.28 bits per heavy atom. The van der Waals surface area contributed by atoms with Gasteiger partial charge in [-0.25, -0.2) is 14.1 Å². The van der Waals surface area contributed by atoms with Crippen LogP contribution in [0.15, 0.2) is 35.8 Å². The number of rotatable bonds is 16. The Kier molecular flexibility index (Phi) is 20.8. The van der Waals surface area contributed by atoms with Crippen LogP contribution in [0.4, 0.5) is 4.39 Å². The summed E-state index contributed by atoms with van der Waals surface area (Å²) in [6, 6.07) is 6.06. The van der Waals surface area contributed by atoms with Crippen molar-refractivity contribution in [2.75, 3.05) is 48.1 Å². The standard InChI is InChI=1S/C54H87FN6O13S/c1-15-42-54(10,67)47(62)34(6)60(12)27-30(2)24-52(8,66)49(32(4)45(33(5)50(64)72-42)73-44-25-53(9,69-14)48(63)35(7)71-44)74-43-23-39(22-31(3)70-43)59(11)21-20-38-28-61(58-57-38)41(26-55)46(68-13)37-18-16-36(17-19-37)40-29-75-51(65)56-40/h16-19,28-35,39,41-49,62-63,66-67H,15,20-27H2,1-14H3,(H,56,65)/t30-,31-,32+,33-,34-,35+,39+,41-,42-,43+,44+,45+,46-,47-,48+,49-,52-,53-,54-/m1/s1. The highest BCUT2D eigenvalue weighted by atomic mass is 32.1. The van der Waals surface area contributed by atoms with Gasteiger partial charge in [0.25, 0.3) is 5.19 Å². The van der Waals surface area contributed by atoms with Gasteiger partial charge in [-0.2, -0.15) is 0 Å². The lowest BCUT2D eigenvalue weighted by Gasteiger charge is -2.48. The Hall–Kier alpha value is -3.29. The van der Waals surface area contributed by atoms with Crippen molar-refractivity contribution in [3.8, 4) is 16.5 Å². The molecule has 3 saturated heterocycles. The number of esters is 1. The Balaban J connectivity index is 1.23. The van der Waals surface area contributed by atoms with E-state index in [1.165, 1.54) is 25.8 Å². The molecule has 0 aliphatic carbocycles. The van der Waals surface area contributed by atoms with Crippen LogP contribution in [-0.2, 0) is 44.4 Å². The molecule has 3 fully saturated rings. The molecule has 0 unspecified atom stereocenters. The number of hydrogen-bond donors (Lipinski definition) is 5. The number of hydrogen-bond acceptors (Lipinski definition) is 19. The average Bonchev–Trinajstić information content (AvgIpc) is 4.03. The van der Waals surface area contributed by atoms with Crippen molar-refractivity contribution in [3.05, 3.63) is 47.1 Å². The molecule has 0 bridgehead atoms. The van der Waals surface area contributed by atoms with Crippen molar-refractivity contribution in [2.45, 2.75) is 204 Å². The topological polar surface area (TPSA) is 233 Å². The number of carbonyl (C=O) groups is 1. The minimum absolute atomic E-state index is 0.0174. The van der Waals surface area contributed by atoms with Gasteiger partial charge in [-0.05, 0) is 93.3 Å². The van der Waals surface area contributed by atoms with E-state index in [4.69, 9.17) is 33.2 Å². The van der Waals surface area contributed by atoms with E-state index in [0.717, 1.165) is 22.5 Å². The van der Waals surface area contributed by atoms with Crippen LogP contribution in [0.25, 0.3) is 11.3 Å². The maximum atomic E-state index is 14.9. The van der Waals surface area contributed by atoms with Gasteiger partial charge in [-0.15, -0.1) is 5.10 Å². The summed E-state index contributed by atoms with van der Waals surface area (Å²) in [6.07, 6.45) is -4.75. The number of nitrogens with zero attached hydrogens (tertiary/aromatic N) is 6. The highest BCUT2D eigenvalue weighted by molar-refractivity contribution is 7.11. The van der Waals surface area contributed by atoms with E-state index in [0.29, 0.717) is 43.7 Å². The Labute approximate surface area is 446 Å². The van der Waals surface area contributed by atoms with E-state index >= 15 is 0 Å². The fraction of sp³-hybridized carbons (Fsp3) is 0.778. The molecule has 6 rings (SSSR count). The van der Waals surface area contributed by atoms with Crippen LogP contribution in [0.2, 0.25) is 0 Å². The third kappa shape index (κ3) is 14.3. The van der Waals surface area contributed by atoms with Crippen LogP contribution >= 0.6 is 11.3 Å². The van der Waals surface area contributed by atoms with Gasteiger partial charge in [0.15, 0.2) is 12.6 Å². The number of cyclic esters (lactones) is 1. The molecule has 1 aromatic carbocycles. The van der Waals surface area contributed by atoms with Gasteiger partial charge in [0.2, 0.25) is 0 Å². The van der Waals surface area contributed by atoms with Crippen LogP contribution in [0.1, 0.15) is 125 Å². The van der Waals surface area contributed by atoms with Crippen molar-refractivity contribution in [1.29, 1.82) is 0 Å². The number of alkyl halides is 1. The second kappa shape index (κ2) is 25.7. The fourth-order valence-corrected chi connectivity index (χ4v) is 12.3. The summed E-state index contributed by atoms with van der Waals surface area (Å²) in [5.74, 6) is -2.59. The van der Waals surface area contributed by atoms with Gasteiger partial charge in [0, 0.05) is 81.7 Å². The monoisotopic (exact) mass is 1080 g/mol. The highest BCUT2D eigenvalue weighted by Gasteiger charge is 2.52. The number of aliphatic hydroxyl groups excluding tert-OH is 2. The number of carbonyl (C=O) groups excluding carboxylic acids is 1. The van der Waals surface area contributed by atoms with E-state index < -0.39 is 109 Å². The predicted molar refractivity (Wildman–Crippen MR) is 279 cm³/mol. The molecule has 2 aromatic heterocycles. The molecule has 19 atom stereocenters. The number of aromatic hydroxyl groups is 1. The van der Waals surface area contributed by atoms with Crippen LogP contribution in [0.3, 0.4) is 0 Å². The molecule has 21 heteroatoms. The molecule has 3 aromatic rings. The number of likely N-dealkylation sites (N-methyl/N-ethyl adjacent to an activating group) is 2. The van der Waals surface area contributed by atoms with Gasteiger partial charge in [0.05, 0.1) is 52.9 Å². The molecule has 0 amide bonds. The fourth-order valence-electron chi connectivity index (χ4n) is 11.7. The van der Waals surface area contributed by atoms with Crippen molar-refractivity contribution in [2.24, 2.45) is 17.8 Å². The Morgan fingerprint density at radius 1 is 0.973 bits per heavy atom. The second-order valence-corrected chi connectivity index (χ2v) is 23.4. The number of aromatic nitrogens is 4. The van der Waals surface area contributed by atoms with Crippen molar-refractivity contribution >= 4 is 17.3 Å². The normalized spacial score (nSPS) is 37.9. The number of benzene rings is 1. The Morgan fingerprint density at radius 2 is 1.67 bits per heavy atom. The highest BCUT2D eigenvalue weighted by Crippen LogP contribution is 2.41. The third-order valence-corrected chi connectivity index (χ3v) is 17.1. The molecule has 0 saturated carbocycles. The lowest BCUT2D eigenvalue weighted by atomic mass is 9.77. The molecule has 3 aliphatic heterocycles. The molecule has 0 radical (unpaired) electrons. The zero-order chi connectivity index (χ0) is 55.3. The number of methoxy groups -OCH3 is 2. The van der Waals surface area contributed by atoms with Gasteiger partial charge < -0.3 is 68.5 Å². The summed E-state index contributed by atoms with van der Waals surface area (Å²) >= 11 is 1.14. The summed E-state index contributed by atoms with van der Waals surface area (Å²) in [6.45, 7) is 18.1. The molecule has 424 valence electrons. The van der Waals surface area contributed by atoms with E-state index in [1.807, 2.05) is 71.0 Å². The summed E-state index contributed by atoms with van der Waals surface area (Å²) in [5, 5.41) is 67.8. The lowest BCUT2D eigenvalue weighted by molar-refractivity contribution is -0.308. The summed E-state index contributed by atoms with van der Waals surface area (Å²) < 4.78 is 60.9. The SMILES string of the molecule is CC[C@H]1OC(=O)[C@H](C)[C@@H](O[C@H]2C[C@@](C)(OC)[C@@H](O)[C@H](C)O2)[C@H](C)[C@@H](O[C@H]2C[C@@H](N(C)CCc3cn([C@H](CF)[C@H](OC)c4ccc(-c5csc(O)n5)cc4)nn3)C[C@@H](C)O2)[C@](C)(O)C[C@@H](C)CN(C)[C@H](C)[C@@H](O)[C@]1(C)O. The van der Waals surface area contributed by atoms with E-state index in [9.17, 15) is 34.7 Å². The summed E-state index contributed by atoms with van der Waals surface area (Å²) in [4.78, 5) is 22.8. The largest absolute Gasteiger partial charge is 0.486 e. The quantitative estimate of drug-likeness (QED) is 0.106. The molecule has 19 nitrogen and oxygen atoms in total. The first-order valence-corrected chi connectivity index (χ1v) is 27.5. The number of aliphatic hydroxyl groups is 4. The first-order chi connectivity index (χ1) is 35.3. The molecule has 0 spiro atoms. The molecule has 75 heavy (non-hydrogen) atoms. The number of halogens is 1. The van der Waals surface area contributed by atoms with Crippen molar-refractivity contribution < 1.29 is 67.9 Å². The molecule has 5 heterocycles. The summed E-state index contributed by atoms with van der Waals surface area (Å²) in [5.41, 5.74) is -1.54. The first kappa shape index (κ1) is 60.9. The van der Waals surface area contributed by atoms with Gasteiger partial charge in [-0.1, -0.05) is 61.6 Å². The van der Waals surface area contributed by atoms with Crippen LogP contribution in [0.5, 0.6) is 5.19 Å². The average molecular weight is 1080 g/mol. The third-order valence-electron chi connectivity index (χ3n) is 16.4. The molecule has 3 aliphatic rings. The minimum Gasteiger partial charge on any atom is -0.486 e. The van der Waals surface area contributed by atoms with Gasteiger partial charge in [-0.3, -0.25) is 4.79 Å². The van der Waals surface area contributed by atoms with Crippen LogP contribution < -0.4 is 0 Å². The zero-order valence-electron chi connectivity index (χ0n) is 46.5. The first-order valence-electron chi connectivity index (χ1n) is 26.6. The van der Waals surface area contributed by atoms with E-state index in [-0.39, 0.29) is 42.5 Å². The van der Waals surface area contributed by atoms with E-state index in [1.54, 1.807) is 46.2 Å². The van der Waals surface area contributed by atoms with Crippen molar-refractivity contribution in [3.63, 3.8) is 0 Å².